The maximum Gasteiger partial charge on any atom is 0.166 e. The van der Waals surface area contributed by atoms with Crippen molar-refractivity contribution < 1.29 is 4.74 Å². The molecule has 1 aromatic rings. The Labute approximate surface area is 116 Å². The van der Waals surface area contributed by atoms with E-state index >= 15 is 0 Å². The number of ether oxygens (including phenoxy) is 1. The molecule has 0 saturated carbocycles. The minimum absolute atomic E-state index is 0.156. The van der Waals surface area contributed by atoms with Crippen molar-refractivity contribution in [3.8, 4) is 5.75 Å². The van der Waals surface area contributed by atoms with Crippen LogP contribution in [-0.2, 0) is 0 Å². The minimum Gasteiger partial charge on any atom is -0.496 e. The Morgan fingerprint density at radius 2 is 2.24 bits per heavy atom. The lowest BCUT2D eigenvalue weighted by molar-refractivity contribution is 0.412. The van der Waals surface area contributed by atoms with E-state index in [1.54, 1.807) is 7.11 Å². The van der Waals surface area contributed by atoms with Gasteiger partial charge in [0.15, 0.2) is 5.11 Å². The standard InChI is InChI=1S/C12H17BrN2OS/c1-4-14-12(17)15-8(2)9-5-6-11(16-3)10(13)7-9/h5-8H,4H2,1-3H3,(H2,14,15,17)/t8-/m0/s1. The fourth-order valence-corrected chi connectivity index (χ4v) is 2.32. The number of methoxy groups -OCH3 is 1. The van der Waals surface area contributed by atoms with Gasteiger partial charge in [-0.1, -0.05) is 6.07 Å². The molecular formula is C12H17BrN2OS. The second-order valence-corrected chi connectivity index (χ2v) is 4.88. The van der Waals surface area contributed by atoms with Crippen molar-refractivity contribution in [1.29, 1.82) is 0 Å². The molecule has 0 spiro atoms. The molecule has 0 aromatic heterocycles. The average Bonchev–Trinajstić information content (AvgIpc) is 2.29. The van der Waals surface area contributed by atoms with Gasteiger partial charge in [-0.05, 0) is 59.7 Å². The molecule has 0 aliphatic heterocycles. The average molecular weight is 317 g/mol. The molecule has 1 aromatic carbocycles. The van der Waals surface area contributed by atoms with Gasteiger partial charge in [0, 0.05) is 6.54 Å². The predicted octanol–water partition coefficient (Wildman–Crippen LogP) is 3.00. The van der Waals surface area contributed by atoms with Gasteiger partial charge in [-0.2, -0.15) is 0 Å². The number of thiocarbonyl (C=S) groups is 1. The number of halogens is 1. The quantitative estimate of drug-likeness (QED) is 0.837. The molecule has 94 valence electrons. The summed E-state index contributed by atoms with van der Waals surface area (Å²) in [7, 11) is 1.65. The smallest absolute Gasteiger partial charge is 0.166 e. The topological polar surface area (TPSA) is 33.3 Å². The summed E-state index contributed by atoms with van der Waals surface area (Å²) in [5.74, 6) is 0.829. The third-order valence-electron chi connectivity index (χ3n) is 2.36. The first-order valence-electron chi connectivity index (χ1n) is 5.46. The van der Waals surface area contributed by atoms with Gasteiger partial charge in [-0.15, -0.1) is 0 Å². The molecule has 0 aliphatic rings. The fraction of sp³-hybridized carbons (Fsp3) is 0.417. The highest BCUT2D eigenvalue weighted by Gasteiger charge is 2.09. The summed E-state index contributed by atoms with van der Waals surface area (Å²) < 4.78 is 6.14. The zero-order valence-electron chi connectivity index (χ0n) is 10.2. The molecular weight excluding hydrogens is 300 g/mol. The summed E-state index contributed by atoms with van der Waals surface area (Å²) in [4.78, 5) is 0. The molecule has 0 saturated heterocycles. The van der Waals surface area contributed by atoms with Crippen LogP contribution >= 0.6 is 28.1 Å². The fourth-order valence-electron chi connectivity index (χ4n) is 1.44. The van der Waals surface area contributed by atoms with Crippen molar-refractivity contribution in [2.75, 3.05) is 13.7 Å². The van der Waals surface area contributed by atoms with Crippen LogP contribution in [0.25, 0.3) is 0 Å². The van der Waals surface area contributed by atoms with E-state index in [1.807, 2.05) is 25.1 Å². The number of benzene rings is 1. The predicted molar refractivity (Wildman–Crippen MR) is 78.5 cm³/mol. The van der Waals surface area contributed by atoms with Gasteiger partial charge < -0.3 is 15.4 Å². The van der Waals surface area contributed by atoms with Gasteiger partial charge in [-0.3, -0.25) is 0 Å². The number of hydrogen-bond donors (Lipinski definition) is 2. The molecule has 0 aliphatic carbocycles. The first-order chi connectivity index (χ1) is 8.08. The molecule has 5 heteroatoms. The summed E-state index contributed by atoms with van der Waals surface area (Å²) in [6.45, 7) is 4.91. The first-order valence-corrected chi connectivity index (χ1v) is 6.66. The van der Waals surface area contributed by atoms with E-state index in [4.69, 9.17) is 17.0 Å². The zero-order chi connectivity index (χ0) is 12.8. The number of hydrogen-bond acceptors (Lipinski definition) is 2. The van der Waals surface area contributed by atoms with Crippen LogP contribution in [0.4, 0.5) is 0 Å². The largest absolute Gasteiger partial charge is 0.496 e. The Morgan fingerprint density at radius 3 is 2.76 bits per heavy atom. The van der Waals surface area contributed by atoms with E-state index < -0.39 is 0 Å². The minimum atomic E-state index is 0.156. The van der Waals surface area contributed by atoms with Crippen molar-refractivity contribution in [1.82, 2.24) is 10.6 Å². The monoisotopic (exact) mass is 316 g/mol. The van der Waals surface area contributed by atoms with Gasteiger partial charge in [0.2, 0.25) is 0 Å². The van der Waals surface area contributed by atoms with Gasteiger partial charge in [0.05, 0.1) is 17.6 Å². The highest BCUT2D eigenvalue weighted by Crippen LogP contribution is 2.27. The Kier molecular flexibility index (Phi) is 5.71. The maximum atomic E-state index is 5.19. The summed E-state index contributed by atoms with van der Waals surface area (Å²) in [5.41, 5.74) is 1.15. The molecule has 1 atom stereocenters. The Bertz CT molecular complexity index is 398. The Morgan fingerprint density at radius 1 is 1.53 bits per heavy atom. The molecule has 3 nitrogen and oxygen atoms in total. The van der Waals surface area contributed by atoms with Gasteiger partial charge in [0.25, 0.3) is 0 Å². The van der Waals surface area contributed by atoms with Crippen LogP contribution in [0.5, 0.6) is 5.75 Å². The summed E-state index contributed by atoms with van der Waals surface area (Å²) >= 11 is 8.62. The lowest BCUT2D eigenvalue weighted by Crippen LogP contribution is -2.36. The van der Waals surface area contributed by atoms with Crippen LogP contribution in [0, 0.1) is 0 Å². The van der Waals surface area contributed by atoms with Crippen LogP contribution in [0.3, 0.4) is 0 Å². The van der Waals surface area contributed by atoms with Crippen molar-refractivity contribution in [3.05, 3.63) is 28.2 Å². The second kappa shape index (κ2) is 6.81. The van der Waals surface area contributed by atoms with Crippen LogP contribution in [0.1, 0.15) is 25.5 Å². The number of rotatable bonds is 4. The maximum absolute atomic E-state index is 5.19. The van der Waals surface area contributed by atoms with Crippen LogP contribution in [0.2, 0.25) is 0 Å². The van der Waals surface area contributed by atoms with Crippen LogP contribution in [-0.4, -0.2) is 18.8 Å². The molecule has 2 N–H and O–H groups in total. The van der Waals surface area contributed by atoms with E-state index in [0.717, 1.165) is 22.3 Å². The third-order valence-corrected chi connectivity index (χ3v) is 3.24. The summed E-state index contributed by atoms with van der Waals surface area (Å²) in [6, 6.07) is 6.15. The first kappa shape index (κ1) is 14.3. The van der Waals surface area contributed by atoms with E-state index in [0.29, 0.717) is 5.11 Å². The summed E-state index contributed by atoms with van der Waals surface area (Å²) in [5, 5.41) is 6.96. The van der Waals surface area contributed by atoms with E-state index in [-0.39, 0.29) is 6.04 Å². The normalized spacial score (nSPS) is 11.8. The molecule has 0 fully saturated rings. The van der Waals surface area contributed by atoms with Crippen molar-refractivity contribution in [3.63, 3.8) is 0 Å². The molecule has 0 bridgehead atoms. The molecule has 0 radical (unpaired) electrons. The number of nitrogens with one attached hydrogen (secondary N) is 2. The van der Waals surface area contributed by atoms with Crippen LogP contribution < -0.4 is 15.4 Å². The Balaban J connectivity index is 2.72. The van der Waals surface area contributed by atoms with Gasteiger partial charge >= 0.3 is 0 Å². The Hall–Kier alpha value is -0.810. The summed E-state index contributed by atoms with van der Waals surface area (Å²) in [6.07, 6.45) is 0. The van der Waals surface area contributed by atoms with Crippen molar-refractivity contribution in [2.24, 2.45) is 0 Å². The van der Waals surface area contributed by atoms with Crippen LogP contribution in [0.15, 0.2) is 22.7 Å². The highest BCUT2D eigenvalue weighted by molar-refractivity contribution is 9.10. The van der Waals surface area contributed by atoms with Crippen molar-refractivity contribution >= 4 is 33.3 Å². The molecule has 1 rings (SSSR count). The van der Waals surface area contributed by atoms with Gasteiger partial charge in [-0.25, -0.2) is 0 Å². The molecule has 0 unspecified atom stereocenters. The second-order valence-electron chi connectivity index (χ2n) is 3.62. The van der Waals surface area contributed by atoms with E-state index in [2.05, 4.69) is 33.5 Å². The zero-order valence-corrected chi connectivity index (χ0v) is 12.6. The molecule has 17 heavy (non-hydrogen) atoms. The van der Waals surface area contributed by atoms with Crippen molar-refractivity contribution in [2.45, 2.75) is 19.9 Å². The van der Waals surface area contributed by atoms with E-state index in [9.17, 15) is 0 Å². The molecule has 0 amide bonds. The third kappa shape index (κ3) is 4.16. The molecule has 0 heterocycles. The van der Waals surface area contributed by atoms with E-state index in [1.165, 1.54) is 0 Å². The SMILES string of the molecule is CCNC(=S)N[C@@H](C)c1ccc(OC)c(Br)c1. The lowest BCUT2D eigenvalue weighted by atomic mass is 10.1. The lowest BCUT2D eigenvalue weighted by Gasteiger charge is -2.17. The highest BCUT2D eigenvalue weighted by atomic mass is 79.9. The van der Waals surface area contributed by atoms with Gasteiger partial charge in [0.1, 0.15) is 5.75 Å².